The minimum absolute atomic E-state index is 0.171. The molecule has 2 aromatic carbocycles. The quantitative estimate of drug-likeness (QED) is 0.235. The molecule has 0 fully saturated rings. The Kier molecular flexibility index (Phi) is 39.7. The molecule has 218 valence electrons. The van der Waals surface area contributed by atoms with Crippen molar-refractivity contribution in [1.82, 2.24) is 0 Å². The number of Topliss-reactive ketones (excluding diaryl/α,β-unsaturated/α-hetero) is 1. The van der Waals surface area contributed by atoms with E-state index in [-0.39, 0.29) is 11.5 Å². The lowest BCUT2D eigenvalue weighted by molar-refractivity contribution is -0.115. The van der Waals surface area contributed by atoms with Crippen molar-refractivity contribution < 1.29 is 9.53 Å². The monoisotopic (exact) mass is 528 g/mol. The molecule has 0 aromatic heterocycles. The van der Waals surface area contributed by atoms with Gasteiger partial charge in [-0.15, -0.1) is 0 Å². The highest BCUT2D eigenvalue weighted by Crippen LogP contribution is 2.16. The fourth-order valence-electron chi connectivity index (χ4n) is 2.07. The van der Waals surface area contributed by atoms with Gasteiger partial charge in [-0.25, -0.2) is 0 Å². The zero-order chi connectivity index (χ0) is 31.1. The van der Waals surface area contributed by atoms with Gasteiger partial charge in [0.1, 0.15) is 5.75 Å². The molecule has 2 rings (SSSR count). The number of ketones is 1. The number of hydrogen-bond donors (Lipinski definition) is 2. The largest absolute Gasteiger partial charge is 0.452 e. The number of aryl methyl sites for hydroxylation is 2. The number of nitrogens with two attached hydrogens (primary N) is 2. The Bertz CT molecular complexity index is 855. The van der Waals surface area contributed by atoms with Crippen LogP contribution in [0, 0.1) is 13.8 Å². The van der Waals surface area contributed by atoms with Gasteiger partial charge in [-0.3, -0.25) is 4.79 Å². The van der Waals surface area contributed by atoms with Gasteiger partial charge >= 0.3 is 0 Å². The number of hydrogen-bond acceptors (Lipinski definition) is 4. The Morgan fingerprint density at radius 2 is 1.05 bits per heavy atom. The van der Waals surface area contributed by atoms with Gasteiger partial charge in [0.05, 0.1) is 5.70 Å². The molecule has 0 spiro atoms. The molecule has 0 bridgehead atoms. The molecule has 4 heteroatoms. The van der Waals surface area contributed by atoms with Crippen molar-refractivity contribution in [2.75, 3.05) is 0 Å². The van der Waals surface area contributed by atoms with Crippen LogP contribution in [0.4, 0.5) is 0 Å². The second kappa shape index (κ2) is 33.7. The summed E-state index contributed by atoms with van der Waals surface area (Å²) in [4.78, 5) is 11.2. The minimum atomic E-state index is -0.171. The zero-order valence-corrected chi connectivity index (χ0v) is 27.3. The molecule has 0 aliphatic rings. The molecular weight excluding hydrogens is 468 g/mol. The summed E-state index contributed by atoms with van der Waals surface area (Å²) in [6.45, 7) is 29.0. The normalized spacial score (nSPS) is 9.97. The third-order valence-electron chi connectivity index (χ3n) is 3.90. The standard InChI is InChI=1S/C12H15NO2.C7H13N.C7H8.4C2H6/c1-8-4-6-11(7-5-8)15-12(9(2)13)10(3)14;1-4-5-6(2)7(3)8;1-7-5-3-2-4-6-7;4*1-2/h4-7H,13H2,1-3H3;4-5H,8H2,1-3H3;2-6H,1H3;4*1-2H3/b12-9-;5-4-,7-6+;;;;;. The second-order valence-corrected chi connectivity index (χ2v) is 7.00. The first-order valence-corrected chi connectivity index (χ1v) is 13.9. The molecule has 4 nitrogen and oxygen atoms in total. The maximum atomic E-state index is 11.2. The van der Waals surface area contributed by atoms with Crippen molar-refractivity contribution in [3.05, 3.63) is 101 Å². The van der Waals surface area contributed by atoms with E-state index >= 15 is 0 Å². The van der Waals surface area contributed by atoms with Gasteiger partial charge in [0, 0.05) is 12.6 Å². The molecule has 0 aliphatic heterocycles. The molecular formula is C34H60N2O2. The molecule has 0 atom stereocenters. The molecule has 0 amide bonds. The van der Waals surface area contributed by atoms with E-state index in [0.29, 0.717) is 11.4 Å². The summed E-state index contributed by atoms with van der Waals surface area (Å²) in [5.74, 6) is 0.657. The third kappa shape index (κ3) is 29.0. The lowest BCUT2D eigenvalue weighted by Crippen LogP contribution is -2.11. The summed E-state index contributed by atoms with van der Waals surface area (Å²) >= 11 is 0. The smallest absolute Gasteiger partial charge is 0.196 e. The number of benzene rings is 2. The van der Waals surface area contributed by atoms with Gasteiger partial charge in [-0.2, -0.15) is 0 Å². The zero-order valence-electron chi connectivity index (χ0n) is 27.3. The fraction of sp³-hybridized carbons (Fsp3) is 0.441. The summed E-state index contributed by atoms with van der Waals surface area (Å²) in [5, 5.41) is 0. The molecule has 0 saturated carbocycles. The molecule has 4 N–H and O–H groups in total. The van der Waals surface area contributed by atoms with Gasteiger partial charge in [-0.1, -0.05) is 121 Å². The predicted octanol–water partition coefficient (Wildman–Crippen LogP) is 10.1. The van der Waals surface area contributed by atoms with E-state index in [1.165, 1.54) is 12.5 Å². The fourth-order valence-corrected chi connectivity index (χ4v) is 2.07. The summed E-state index contributed by atoms with van der Waals surface area (Å²) in [6, 6.07) is 17.7. The molecule has 0 unspecified atom stereocenters. The average molecular weight is 529 g/mol. The van der Waals surface area contributed by atoms with Crippen molar-refractivity contribution in [3.63, 3.8) is 0 Å². The highest BCUT2D eigenvalue weighted by molar-refractivity contribution is 5.92. The highest BCUT2D eigenvalue weighted by atomic mass is 16.5. The molecule has 0 heterocycles. The Morgan fingerprint density at radius 3 is 1.29 bits per heavy atom. The second-order valence-electron chi connectivity index (χ2n) is 7.00. The van der Waals surface area contributed by atoms with E-state index in [4.69, 9.17) is 16.2 Å². The number of ether oxygens (including phenoxy) is 1. The van der Waals surface area contributed by atoms with E-state index in [9.17, 15) is 4.79 Å². The molecule has 0 saturated heterocycles. The van der Waals surface area contributed by atoms with Crippen LogP contribution in [0.25, 0.3) is 0 Å². The topological polar surface area (TPSA) is 78.3 Å². The molecule has 2 aromatic rings. The van der Waals surface area contributed by atoms with Crippen LogP contribution < -0.4 is 16.2 Å². The summed E-state index contributed by atoms with van der Waals surface area (Å²) in [7, 11) is 0. The predicted molar refractivity (Wildman–Crippen MR) is 173 cm³/mol. The number of rotatable bonds is 4. The van der Waals surface area contributed by atoms with E-state index < -0.39 is 0 Å². The summed E-state index contributed by atoms with van der Waals surface area (Å²) in [6.07, 6.45) is 3.97. The minimum Gasteiger partial charge on any atom is -0.452 e. The van der Waals surface area contributed by atoms with Gasteiger partial charge in [0.25, 0.3) is 0 Å². The van der Waals surface area contributed by atoms with Crippen molar-refractivity contribution in [2.45, 2.75) is 104 Å². The van der Waals surface area contributed by atoms with Crippen molar-refractivity contribution in [2.24, 2.45) is 11.5 Å². The number of carbonyl (C=O) groups is 1. The maximum absolute atomic E-state index is 11.2. The molecule has 0 aliphatic carbocycles. The first-order chi connectivity index (χ1) is 18.1. The highest BCUT2D eigenvalue weighted by Gasteiger charge is 2.09. The van der Waals surface area contributed by atoms with E-state index in [0.717, 1.165) is 16.8 Å². The lowest BCUT2D eigenvalue weighted by Gasteiger charge is -2.08. The van der Waals surface area contributed by atoms with Crippen LogP contribution in [0.5, 0.6) is 5.75 Å². The van der Waals surface area contributed by atoms with E-state index in [1.54, 1.807) is 19.1 Å². The van der Waals surface area contributed by atoms with Crippen LogP contribution in [0.2, 0.25) is 0 Å². The van der Waals surface area contributed by atoms with Gasteiger partial charge in [-0.05, 0) is 59.2 Å². The molecule has 0 radical (unpaired) electrons. The Hall–Kier alpha value is -3.27. The van der Waals surface area contributed by atoms with Gasteiger partial charge in [0.2, 0.25) is 0 Å². The van der Waals surface area contributed by atoms with Crippen molar-refractivity contribution >= 4 is 5.78 Å². The number of carbonyl (C=O) groups excluding carboxylic acids is 1. The Labute approximate surface area is 236 Å². The first kappa shape index (κ1) is 44.7. The number of allylic oxidation sites excluding steroid dienone is 6. The van der Waals surface area contributed by atoms with Gasteiger partial charge in [0.15, 0.2) is 11.5 Å². The first-order valence-electron chi connectivity index (χ1n) is 13.9. The molecule has 38 heavy (non-hydrogen) atoms. The Morgan fingerprint density at radius 1 is 0.658 bits per heavy atom. The third-order valence-corrected chi connectivity index (χ3v) is 3.90. The lowest BCUT2D eigenvalue weighted by atomic mass is 10.2. The van der Waals surface area contributed by atoms with Crippen LogP contribution in [0.15, 0.2) is 89.5 Å². The SMILES string of the molecule is C/C=C\C(C)=C(/C)N.CC.CC.CC.CC.CC(=O)/C(Oc1ccc(C)cc1)=C(\C)N.Cc1ccccc1. The van der Waals surface area contributed by atoms with Crippen LogP contribution in [0.1, 0.15) is 101 Å². The summed E-state index contributed by atoms with van der Waals surface area (Å²) in [5.41, 5.74) is 15.9. The average Bonchev–Trinajstić information content (AvgIpc) is 2.94. The van der Waals surface area contributed by atoms with Crippen molar-refractivity contribution in [1.29, 1.82) is 0 Å². The van der Waals surface area contributed by atoms with Crippen LogP contribution in [0.3, 0.4) is 0 Å². The van der Waals surface area contributed by atoms with Crippen molar-refractivity contribution in [3.8, 4) is 5.75 Å². The van der Waals surface area contributed by atoms with Crippen LogP contribution in [-0.2, 0) is 4.79 Å². The summed E-state index contributed by atoms with van der Waals surface area (Å²) < 4.78 is 5.40. The Balaban J connectivity index is -0.000000134. The van der Waals surface area contributed by atoms with Crippen LogP contribution >= 0.6 is 0 Å². The van der Waals surface area contributed by atoms with E-state index in [1.807, 2.05) is 126 Å². The van der Waals surface area contributed by atoms with Gasteiger partial charge < -0.3 is 16.2 Å². The van der Waals surface area contributed by atoms with Crippen LogP contribution in [-0.4, -0.2) is 5.78 Å². The maximum Gasteiger partial charge on any atom is 0.196 e. The van der Waals surface area contributed by atoms with E-state index in [2.05, 4.69) is 19.1 Å².